The van der Waals surface area contributed by atoms with Crippen molar-refractivity contribution < 1.29 is 0 Å². The smallest absolute Gasteiger partial charge is 0.0797 e. The fourth-order valence-electron chi connectivity index (χ4n) is 1.44. The van der Waals surface area contributed by atoms with E-state index >= 15 is 0 Å². The van der Waals surface area contributed by atoms with Gasteiger partial charge in [-0.1, -0.05) is 18.2 Å². The molecule has 0 saturated carbocycles. The van der Waals surface area contributed by atoms with Crippen molar-refractivity contribution in [2.24, 2.45) is 5.73 Å². The summed E-state index contributed by atoms with van der Waals surface area (Å²) in [5.41, 5.74) is 9.78. The molecular weight excluding hydrogens is 188 g/mol. The molecule has 2 aromatic rings. The Hall–Kier alpha value is -1.81. The highest BCUT2D eigenvalue weighted by Crippen LogP contribution is 2.21. The van der Waals surface area contributed by atoms with E-state index in [0.29, 0.717) is 6.54 Å². The van der Waals surface area contributed by atoms with E-state index in [0.717, 1.165) is 22.6 Å². The first-order valence-corrected chi connectivity index (χ1v) is 4.86. The first-order chi connectivity index (χ1) is 7.31. The van der Waals surface area contributed by atoms with E-state index in [1.807, 2.05) is 31.2 Å². The summed E-state index contributed by atoms with van der Waals surface area (Å²) in [5.74, 6) is 0. The van der Waals surface area contributed by atoms with Crippen LogP contribution in [0.5, 0.6) is 0 Å². The minimum Gasteiger partial charge on any atom is -0.352 e. The number of hydrogen-bond acceptors (Lipinski definition) is 3. The second kappa shape index (κ2) is 4.14. The molecular formula is C11H14N4. The Bertz CT molecular complexity index is 447. The second-order valence-corrected chi connectivity index (χ2v) is 3.39. The normalized spacial score (nSPS) is 10.3. The Balaban J connectivity index is 2.28. The summed E-state index contributed by atoms with van der Waals surface area (Å²) in [6.45, 7) is 2.50. The first kappa shape index (κ1) is 9.73. The molecule has 0 aliphatic rings. The first-order valence-electron chi connectivity index (χ1n) is 4.86. The molecule has 4 nitrogen and oxygen atoms in total. The number of hydrogen-bond donors (Lipinski definition) is 3. The standard InChI is InChI=1S/C11H14N4/c1-8-11(7-13-15-8)14-10-5-3-2-4-9(10)6-12/h2-5,7,14H,6,12H2,1H3,(H,13,15). The lowest BCUT2D eigenvalue weighted by molar-refractivity contribution is 1.05. The summed E-state index contributed by atoms with van der Waals surface area (Å²) >= 11 is 0. The number of aromatic nitrogens is 2. The van der Waals surface area contributed by atoms with Crippen LogP contribution in [-0.4, -0.2) is 10.2 Å². The third-order valence-electron chi connectivity index (χ3n) is 2.34. The maximum absolute atomic E-state index is 5.65. The molecule has 0 spiro atoms. The van der Waals surface area contributed by atoms with E-state index in [-0.39, 0.29) is 0 Å². The van der Waals surface area contributed by atoms with E-state index in [1.54, 1.807) is 6.20 Å². The van der Waals surface area contributed by atoms with Gasteiger partial charge in [-0.15, -0.1) is 0 Å². The zero-order valence-electron chi connectivity index (χ0n) is 8.62. The molecule has 0 saturated heterocycles. The molecule has 4 N–H and O–H groups in total. The Morgan fingerprint density at radius 2 is 2.13 bits per heavy atom. The van der Waals surface area contributed by atoms with Crippen molar-refractivity contribution >= 4 is 11.4 Å². The highest BCUT2D eigenvalue weighted by Gasteiger charge is 2.03. The van der Waals surface area contributed by atoms with E-state index in [2.05, 4.69) is 15.5 Å². The van der Waals surface area contributed by atoms with Crippen LogP contribution in [-0.2, 0) is 6.54 Å². The van der Waals surface area contributed by atoms with Crippen molar-refractivity contribution in [3.8, 4) is 0 Å². The largest absolute Gasteiger partial charge is 0.352 e. The van der Waals surface area contributed by atoms with Gasteiger partial charge in [-0.05, 0) is 18.6 Å². The van der Waals surface area contributed by atoms with Crippen LogP contribution in [0.15, 0.2) is 30.5 Å². The van der Waals surface area contributed by atoms with Gasteiger partial charge in [0.05, 0.1) is 17.6 Å². The number of benzene rings is 1. The van der Waals surface area contributed by atoms with E-state index in [9.17, 15) is 0 Å². The second-order valence-electron chi connectivity index (χ2n) is 3.39. The summed E-state index contributed by atoms with van der Waals surface area (Å²) in [7, 11) is 0. The predicted octanol–water partition coefficient (Wildman–Crippen LogP) is 1.92. The SMILES string of the molecule is Cc1[nH]ncc1Nc1ccccc1CN. The number of nitrogens with one attached hydrogen (secondary N) is 2. The molecule has 0 fully saturated rings. The molecule has 1 aromatic carbocycles. The minimum absolute atomic E-state index is 0.528. The Labute approximate surface area is 88.5 Å². The molecule has 0 bridgehead atoms. The number of nitrogens with two attached hydrogens (primary N) is 1. The van der Waals surface area contributed by atoms with Crippen LogP contribution < -0.4 is 11.1 Å². The third kappa shape index (κ3) is 1.99. The fourth-order valence-corrected chi connectivity index (χ4v) is 1.44. The topological polar surface area (TPSA) is 66.7 Å². The Kier molecular flexibility index (Phi) is 2.69. The van der Waals surface area contributed by atoms with Gasteiger partial charge in [0.15, 0.2) is 0 Å². The number of aromatic amines is 1. The fraction of sp³-hybridized carbons (Fsp3) is 0.182. The van der Waals surface area contributed by atoms with Gasteiger partial charge in [-0.25, -0.2) is 0 Å². The van der Waals surface area contributed by atoms with Gasteiger partial charge in [0, 0.05) is 12.2 Å². The van der Waals surface area contributed by atoms with Crippen LogP contribution in [0.25, 0.3) is 0 Å². The van der Waals surface area contributed by atoms with Gasteiger partial charge in [0.1, 0.15) is 0 Å². The molecule has 4 heteroatoms. The zero-order chi connectivity index (χ0) is 10.7. The van der Waals surface area contributed by atoms with Gasteiger partial charge < -0.3 is 11.1 Å². The van der Waals surface area contributed by atoms with Crippen molar-refractivity contribution in [2.75, 3.05) is 5.32 Å². The minimum atomic E-state index is 0.528. The number of para-hydroxylation sites is 1. The molecule has 0 unspecified atom stereocenters. The van der Waals surface area contributed by atoms with Crippen molar-refractivity contribution in [2.45, 2.75) is 13.5 Å². The molecule has 0 radical (unpaired) electrons. The van der Waals surface area contributed by atoms with Crippen molar-refractivity contribution in [3.05, 3.63) is 41.7 Å². The lowest BCUT2D eigenvalue weighted by atomic mass is 10.1. The highest BCUT2D eigenvalue weighted by atomic mass is 15.1. The van der Waals surface area contributed by atoms with E-state index < -0.39 is 0 Å². The van der Waals surface area contributed by atoms with Crippen LogP contribution in [0.3, 0.4) is 0 Å². The molecule has 0 amide bonds. The lowest BCUT2D eigenvalue weighted by Gasteiger charge is -2.09. The van der Waals surface area contributed by atoms with Crippen molar-refractivity contribution in [3.63, 3.8) is 0 Å². The van der Waals surface area contributed by atoms with Gasteiger partial charge in [0.25, 0.3) is 0 Å². The molecule has 2 rings (SSSR count). The van der Waals surface area contributed by atoms with Crippen LogP contribution in [0.4, 0.5) is 11.4 Å². The Morgan fingerprint density at radius 3 is 2.80 bits per heavy atom. The summed E-state index contributed by atoms with van der Waals surface area (Å²) in [6.07, 6.45) is 1.77. The highest BCUT2D eigenvalue weighted by molar-refractivity contribution is 5.64. The number of rotatable bonds is 3. The number of nitrogens with zero attached hydrogens (tertiary/aromatic N) is 1. The Morgan fingerprint density at radius 1 is 1.33 bits per heavy atom. The predicted molar refractivity (Wildman–Crippen MR) is 60.9 cm³/mol. The molecule has 1 aromatic heterocycles. The van der Waals surface area contributed by atoms with Gasteiger partial charge in [-0.3, -0.25) is 5.10 Å². The molecule has 0 aliphatic heterocycles. The molecule has 15 heavy (non-hydrogen) atoms. The molecule has 1 heterocycles. The van der Waals surface area contributed by atoms with Crippen LogP contribution in [0, 0.1) is 6.92 Å². The van der Waals surface area contributed by atoms with Crippen LogP contribution in [0.1, 0.15) is 11.3 Å². The van der Waals surface area contributed by atoms with Crippen LogP contribution >= 0.6 is 0 Å². The molecule has 0 aliphatic carbocycles. The van der Waals surface area contributed by atoms with E-state index in [1.165, 1.54) is 0 Å². The van der Waals surface area contributed by atoms with Crippen LogP contribution in [0.2, 0.25) is 0 Å². The van der Waals surface area contributed by atoms with Crippen molar-refractivity contribution in [1.82, 2.24) is 10.2 Å². The van der Waals surface area contributed by atoms with E-state index in [4.69, 9.17) is 5.73 Å². The molecule has 0 atom stereocenters. The summed E-state index contributed by atoms with van der Waals surface area (Å²) in [5, 5.41) is 10.1. The average molecular weight is 202 g/mol. The summed E-state index contributed by atoms with van der Waals surface area (Å²) < 4.78 is 0. The summed E-state index contributed by atoms with van der Waals surface area (Å²) in [6, 6.07) is 7.99. The lowest BCUT2D eigenvalue weighted by Crippen LogP contribution is -2.01. The number of anilines is 2. The van der Waals surface area contributed by atoms with Crippen molar-refractivity contribution in [1.29, 1.82) is 0 Å². The van der Waals surface area contributed by atoms with Gasteiger partial charge >= 0.3 is 0 Å². The summed E-state index contributed by atoms with van der Waals surface area (Å²) in [4.78, 5) is 0. The van der Waals surface area contributed by atoms with Gasteiger partial charge in [-0.2, -0.15) is 5.10 Å². The maximum Gasteiger partial charge on any atom is 0.0797 e. The average Bonchev–Trinajstić information content (AvgIpc) is 2.65. The number of aryl methyl sites for hydroxylation is 1. The maximum atomic E-state index is 5.65. The quantitative estimate of drug-likeness (QED) is 0.712. The van der Waals surface area contributed by atoms with Gasteiger partial charge in [0.2, 0.25) is 0 Å². The number of H-pyrrole nitrogens is 1. The third-order valence-corrected chi connectivity index (χ3v) is 2.34. The monoisotopic (exact) mass is 202 g/mol. The zero-order valence-corrected chi connectivity index (χ0v) is 8.62. The molecule has 78 valence electrons.